The van der Waals surface area contributed by atoms with Crippen molar-refractivity contribution >= 4 is 28.9 Å². The number of nitrogens with zero attached hydrogens (tertiary/aromatic N) is 6. The number of hydrogen-bond acceptors (Lipinski definition) is 6. The molecule has 0 bridgehead atoms. The Balaban J connectivity index is 1.60. The molecular weight excluding hydrogens is 423 g/mol. The number of hydrogen-bond donors (Lipinski definition) is 0. The summed E-state index contributed by atoms with van der Waals surface area (Å²) in [5, 5.41) is 13.9. The van der Waals surface area contributed by atoms with Crippen molar-refractivity contribution in [3.63, 3.8) is 0 Å². The van der Waals surface area contributed by atoms with E-state index in [1.54, 1.807) is 11.8 Å². The van der Waals surface area contributed by atoms with E-state index in [9.17, 15) is 0 Å². The Kier molecular flexibility index (Phi) is 6.84. The molecular formula is C21H24Cl2N6O. The first-order chi connectivity index (χ1) is 14.7. The summed E-state index contributed by atoms with van der Waals surface area (Å²) in [6.07, 6.45) is 0. The molecule has 0 N–H and O–H groups in total. The van der Waals surface area contributed by atoms with E-state index in [0.717, 1.165) is 48.3 Å². The van der Waals surface area contributed by atoms with E-state index < -0.39 is 0 Å². The molecule has 0 saturated carbocycles. The van der Waals surface area contributed by atoms with E-state index in [-0.39, 0.29) is 6.04 Å². The Morgan fingerprint density at radius 1 is 1.03 bits per heavy atom. The molecule has 158 valence electrons. The number of benzene rings is 2. The molecule has 0 aliphatic carbocycles. The lowest BCUT2D eigenvalue weighted by Gasteiger charge is -2.40. The van der Waals surface area contributed by atoms with Gasteiger partial charge in [-0.2, -0.15) is 0 Å². The minimum absolute atomic E-state index is 0.132. The zero-order valence-electron chi connectivity index (χ0n) is 16.8. The maximum Gasteiger partial charge on any atom is 0.173 e. The Labute approximate surface area is 186 Å². The molecule has 2 aromatic carbocycles. The molecule has 0 unspecified atom stereocenters. The van der Waals surface area contributed by atoms with Crippen molar-refractivity contribution in [2.45, 2.75) is 12.6 Å². The van der Waals surface area contributed by atoms with Gasteiger partial charge in [-0.15, -0.1) is 5.10 Å². The molecule has 3 aromatic rings. The quantitative estimate of drug-likeness (QED) is 0.552. The van der Waals surface area contributed by atoms with Crippen LogP contribution in [0.25, 0.3) is 0 Å². The highest BCUT2D eigenvalue weighted by atomic mass is 35.5. The molecule has 1 aliphatic rings. The van der Waals surface area contributed by atoms with Gasteiger partial charge >= 0.3 is 0 Å². The third-order valence-corrected chi connectivity index (χ3v) is 5.94. The molecule has 0 radical (unpaired) electrons. The van der Waals surface area contributed by atoms with E-state index in [2.05, 4.69) is 31.4 Å². The molecule has 2 heterocycles. The predicted octanol–water partition coefficient (Wildman–Crippen LogP) is 3.54. The number of halogens is 2. The van der Waals surface area contributed by atoms with E-state index in [1.807, 2.05) is 42.5 Å². The summed E-state index contributed by atoms with van der Waals surface area (Å²) in [5.41, 5.74) is 2.14. The van der Waals surface area contributed by atoms with Gasteiger partial charge in [-0.05, 0) is 40.3 Å². The van der Waals surface area contributed by atoms with Crippen LogP contribution in [0.1, 0.15) is 17.4 Å². The van der Waals surface area contributed by atoms with E-state index in [0.29, 0.717) is 18.2 Å². The first-order valence-electron chi connectivity index (χ1n) is 9.91. The molecule has 1 atom stereocenters. The fraction of sp³-hybridized carbons (Fsp3) is 0.381. The number of anilines is 1. The maximum atomic E-state index is 6.60. The highest BCUT2D eigenvalue weighted by molar-refractivity contribution is 6.31. The van der Waals surface area contributed by atoms with Crippen LogP contribution >= 0.6 is 23.2 Å². The molecule has 1 aromatic heterocycles. The fourth-order valence-corrected chi connectivity index (χ4v) is 4.28. The minimum atomic E-state index is -0.132. The van der Waals surface area contributed by atoms with Crippen LogP contribution in [0.4, 0.5) is 5.69 Å². The van der Waals surface area contributed by atoms with Gasteiger partial charge in [-0.1, -0.05) is 47.5 Å². The molecule has 0 spiro atoms. The second-order valence-corrected chi connectivity index (χ2v) is 8.02. The topological polar surface area (TPSA) is 59.3 Å². The van der Waals surface area contributed by atoms with Gasteiger partial charge in [-0.3, -0.25) is 4.90 Å². The lowest BCUT2D eigenvalue weighted by atomic mass is 10.0. The predicted molar refractivity (Wildman–Crippen MR) is 118 cm³/mol. The number of ether oxygens (including phenoxy) is 1. The van der Waals surface area contributed by atoms with Crippen molar-refractivity contribution in [3.05, 3.63) is 70.0 Å². The number of aromatic nitrogens is 4. The zero-order valence-corrected chi connectivity index (χ0v) is 18.3. The summed E-state index contributed by atoms with van der Waals surface area (Å²) in [4.78, 5) is 4.73. The third-order valence-electron chi connectivity index (χ3n) is 5.36. The molecule has 1 saturated heterocycles. The van der Waals surface area contributed by atoms with Gasteiger partial charge in [0.25, 0.3) is 0 Å². The Hall–Kier alpha value is -2.19. The van der Waals surface area contributed by atoms with Crippen molar-refractivity contribution in [1.29, 1.82) is 0 Å². The summed E-state index contributed by atoms with van der Waals surface area (Å²) < 4.78 is 7.03. The first-order valence-corrected chi connectivity index (χ1v) is 10.7. The average molecular weight is 447 g/mol. The molecule has 9 heteroatoms. The van der Waals surface area contributed by atoms with E-state index >= 15 is 0 Å². The summed E-state index contributed by atoms with van der Waals surface area (Å²) >= 11 is 12.8. The Morgan fingerprint density at radius 2 is 1.83 bits per heavy atom. The fourth-order valence-electron chi connectivity index (χ4n) is 3.85. The second kappa shape index (κ2) is 9.75. The summed E-state index contributed by atoms with van der Waals surface area (Å²) in [7, 11) is 1.67. The van der Waals surface area contributed by atoms with Crippen LogP contribution < -0.4 is 4.90 Å². The van der Waals surface area contributed by atoms with Gasteiger partial charge in [0, 0.05) is 49.0 Å². The van der Waals surface area contributed by atoms with Crippen LogP contribution in [-0.4, -0.2) is 65.0 Å². The van der Waals surface area contributed by atoms with Gasteiger partial charge in [0.1, 0.15) is 0 Å². The van der Waals surface area contributed by atoms with Crippen molar-refractivity contribution < 1.29 is 4.74 Å². The monoisotopic (exact) mass is 446 g/mol. The van der Waals surface area contributed by atoms with Crippen LogP contribution in [0.15, 0.2) is 48.5 Å². The van der Waals surface area contributed by atoms with Crippen LogP contribution in [0, 0.1) is 0 Å². The minimum Gasteiger partial charge on any atom is -0.383 e. The normalized spacial score (nSPS) is 16.0. The van der Waals surface area contributed by atoms with Crippen LogP contribution in [0.3, 0.4) is 0 Å². The van der Waals surface area contributed by atoms with Gasteiger partial charge in [0.15, 0.2) is 5.82 Å². The number of methoxy groups -OCH3 is 1. The Bertz CT molecular complexity index is 973. The van der Waals surface area contributed by atoms with Gasteiger partial charge in [0.05, 0.1) is 19.2 Å². The SMILES string of the molecule is COCCn1nnnc1[C@@H](c1ccccc1Cl)N1CCN(c2cccc(Cl)c2)CC1. The van der Waals surface area contributed by atoms with Crippen LogP contribution in [-0.2, 0) is 11.3 Å². The summed E-state index contributed by atoms with van der Waals surface area (Å²) in [6, 6.07) is 15.8. The zero-order chi connectivity index (χ0) is 20.9. The molecule has 30 heavy (non-hydrogen) atoms. The largest absolute Gasteiger partial charge is 0.383 e. The van der Waals surface area contributed by atoms with Crippen molar-refractivity contribution in [2.75, 3.05) is 44.8 Å². The van der Waals surface area contributed by atoms with Gasteiger partial charge in [-0.25, -0.2) is 4.68 Å². The maximum absolute atomic E-state index is 6.60. The lowest BCUT2D eigenvalue weighted by molar-refractivity contribution is 0.172. The van der Waals surface area contributed by atoms with Gasteiger partial charge < -0.3 is 9.64 Å². The van der Waals surface area contributed by atoms with Crippen LogP contribution in [0.5, 0.6) is 0 Å². The number of tetrazole rings is 1. The highest BCUT2D eigenvalue weighted by Crippen LogP contribution is 2.33. The molecule has 7 nitrogen and oxygen atoms in total. The molecule has 1 fully saturated rings. The van der Waals surface area contributed by atoms with Crippen molar-refractivity contribution in [2.24, 2.45) is 0 Å². The standard InChI is InChI=1S/C21H24Cl2N6O/c1-30-14-13-29-21(24-25-26-29)20(18-7-2-3-8-19(18)23)28-11-9-27(10-12-28)17-6-4-5-16(22)15-17/h2-8,15,20H,9-14H2,1H3/t20-/m1/s1. The number of rotatable bonds is 7. The molecule has 0 amide bonds. The third kappa shape index (κ3) is 4.59. The lowest BCUT2D eigenvalue weighted by Crippen LogP contribution is -2.48. The average Bonchev–Trinajstić information content (AvgIpc) is 3.22. The van der Waals surface area contributed by atoms with Crippen molar-refractivity contribution in [3.8, 4) is 0 Å². The molecule has 1 aliphatic heterocycles. The smallest absolute Gasteiger partial charge is 0.173 e. The molecule has 4 rings (SSSR count). The highest BCUT2D eigenvalue weighted by Gasteiger charge is 2.31. The van der Waals surface area contributed by atoms with Gasteiger partial charge in [0.2, 0.25) is 0 Å². The summed E-state index contributed by atoms with van der Waals surface area (Å²) in [5.74, 6) is 0.774. The van der Waals surface area contributed by atoms with Crippen molar-refractivity contribution in [1.82, 2.24) is 25.1 Å². The van der Waals surface area contributed by atoms with E-state index in [1.165, 1.54) is 0 Å². The number of piperazine rings is 1. The first kappa shape index (κ1) is 21.1. The van der Waals surface area contributed by atoms with E-state index in [4.69, 9.17) is 27.9 Å². The van der Waals surface area contributed by atoms with Crippen LogP contribution in [0.2, 0.25) is 10.0 Å². The second-order valence-electron chi connectivity index (χ2n) is 7.18. The Morgan fingerprint density at radius 3 is 2.57 bits per heavy atom. The summed E-state index contributed by atoms with van der Waals surface area (Å²) in [6.45, 7) is 4.57.